The smallest absolute Gasteiger partial charge is 0.242 e. The molecule has 0 saturated heterocycles. The van der Waals surface area contributed by atoms with Crippen molar-refractivity contribution in [1.29, 1.82) is 0 Å². The molecule has 112 valence electrons. The van der Waals surface area contributed by atoms with E-state index >= 15 is 0 Å². The number of hydrogen-bond acceptors (Lipinski definition) is 3. The highest BCUT2D eigenvalue weighted by Gasteiger charge is 2.28. The molecule has 4 nitrogen and oxygen atoms in total. The predicted molar refractivity (Wildman–Crippen MR) is 80.3 cm³/mol. The van der Waals surface area contributed by atoms with Gasteiger partial charge in [0.1, 0.15) is 10.0 Å². The summed E-state index contributed by atoms with van der Waals surface area (Å²) in [5.74, 6) is 0.430. The highest BCUT2D eigenvalue weighted by Crippen LogP contribution is 2.28. The lowest BCUT2D eigenvalue weighted by Gasteiger charge is -2.31. The standard InChI is InChI=1S/C14H21ClN2O2S/c1-3-11-6-4-5-7-13(11)17-20(18,19)12-8-10(2)14(15)16-9-12/h8-9,11,13,17H,3-7H2,1-2H3. The third kappa shape index (κ3) is 3.51. The maximum atomic E-state index is 12.4. The van der Waals surface area contributed by atoms with Gasteiger partial charge in [0.2, 0.25) is 10.0 Å². The Balaban J connectivity index is 2.19. The van der Waals surface area contributed by atoms with Crippen molar-refractivity contribution >= 4 is 21.6 Å². The topological polar surface area (TPSA) is 59.1 Å². The van der Waals surface area contributed by atoms with E-state index in [1.807, 2.05) is 0 Å². The van der Waals surface area contributed by atoms with Crippen molar-refractivity contribution in [2.24, 2.45) is 5.92 Å². The van der Waals surface area contributed by atoms with Crippen molar-refractivity contribution in [3.8, 4) is 0 Å². The number of nitrogens with one attached hydrogen (secondary N) is 1. The third-order valence-electron chi connectivity index (χ3n) is 4.04. The van der Waals surface area contributed by atoms with Crippen molar-refractivity contribution in [2.45, 2.75) is 56.9 Å². The molecule has 1 heterocycles. The second-order valence-electron chi connectivity index (χ2n) is 5.46. The molecule has 1 N–H and O–H groups in total. The van der Waals surface area contributed by atoms with Crippen molar-refractivity contribution in [1.82, 2.24) is 9.71 Å². The summed E-state index contributed by atoms with van der Waals surface area (Å²) in [6, 6.07) is 1.61. The summed E-state index contributed by atoms with van der Waals surface area (Å²) in [6.07, 6.45) is 6.62. The number of sulfonamides is 1. The van der Waals surface area contributed by atoms with E-state index in [2.05, 4.69) is 16.6 Å². The summed E-state index contributed by atoms with van der Waals surface area (Å²) in [5.41, 5.74) is 0.672. The quantitative estimate of drug-likeness (QED) is 0.867. The molecular weight excluding hydrogens is 296 g/mol. The van der Waals surface area contributed by atoms with Gasteiger partial charge in [-0.15, -0.1) is 0 Å². The lowest BCUT2D eigenvalue weighted by atomic mass is 9.83. The normalized spacial score (nSPS) is 23.8. The second kappa shape index (κ2) is 6.41. The monoisotopic (exact) mass is 316 g/mol. The minimum Gasteiger partial charge on any atom is -0.243 e. The van der Waals surface area contributed by atoms with Gasteiger partial charge in [0.05, 0.1) is 0 Å². The molecule has 1 aliphatic rings. The molecule has 2 atom stereocenters. The molecule has 0 radical (unpaired) electrons. The van der Waals surface area contributed by atoms with Gasteiger partial charge in [-0.05, 0) is 37.3 Å². The summed E-state index contributed by atoms with van der Waals surface area (Å²) in [4.78, 5) is 4.12. The molecule has 0 spiro atoms. The van der Waals surface area contributed by atoms with Gasteiger partial charge in [-0.1, -0.05) is 37.8 Å². The highest BCUT2D eigenvalue weighted by atomic mass is 35.5. The molecule has 1 saturated carbocycles. The van der Waals surface area contributed by atoms with Gasteiger partial charge in [0, 0.05) is 12.2 Å². The number of aryl methyl sites for hydroxylation is 1. The van der Waals surface area contributed by atoms with E-state index in [1.54, 1.807) is 13.0 Å². The van der Waals surface area contributed by atoms with Crippen LogP contribution in [-0.4, -0.2) is 19.4 Å². The molecule has 1 aromatic rings. The Morgan fingerprint density at radius 1 is 1.40 bits per heavy atom. The summed E-state index contributed by atoms with van der Waals surface area (Å²) in [6.45, 7) is 3.87. The Bertz CT molecular complexity index is 575. The predicted octanol–water partition coefficient (Wildman–Crippen LogP) is 3.29. The van der Waals surface area contributed by atoms with Crippen LogP contribution in [0.15, 0.2) is 17.2 Å². The van der Waals surface area contributed by atoms with Gasteiger partial charge >= 0.3 is 0 Å². The van der Waals surface area contributed by atoms with Crippen LogP contribution in [0.25, 0.3) is 0 Å². The minimum absolute atomic E-state index is 0.0368. The van der Waals surface area contributed by atoms with E-state index in [1.165, 1.54) is 12.6 Å². The van der Waals surface area contributed by atoms with E-state index < -0.39 is 10.0 Å². The fourth-order valence-electron chi connectivity index (χ4n) is 2.80. The van der Waals surface area contributed by atoms with Crippen LogP contribution in [0.2, 0.25) is 5.15 Å². The number of rotatable bonds is 4. The summed E-state index contributed by atoms with van der Waals surface area (Å²) in [7, 11) is -3.51. The van der Waals surface area contributed by atoms with Gasteiger partial charge in [-0.25, -0.2) is 18.1 Å². The molecule has 6 heteroatoms. The molecule has 1 aromatic heterocycles. The first kappa shape index (κ1) is 15.7. The zero-order valence-corrected chi connectivity index (χ0v) is 13.5. The van der Waals surface area contributed by atoms with Crippen LogP contribution in [0.3, 0.4) is 0 Å². The molecule has 2 unspecified atom stereocenters. The maximum absolute atomic E-state index is 12.4. The van der Waals surface area contributed by atoms with E-state index in [-0.39, 0.29) is 10.9 Å². The number of aromatic nitrogens is 1. The van der Waals surface area contributed by atoms with Crippen molar-refractivity contribution in [2.75, 3.05) is 0 Å². The van der Waals surface area contributed by atoms with Gasteiger partial charge < -0.3 is 0 Å². The van der Waals surface area contributed by atoms with Gasteiger partial charge in [-0.2, -0.15) is 0 Å². The largest absolute Gasteiger partial charge is 0.243 e. The van der Waals surface area contributed by atoms with E-state index in [9.17, 15) is 8.42 Å². The minimum atomic E-state index is -3.51. The summed E-state index contributed by atoms with van der Waals surface area (Å²) in [5, 5.41) is 0.341. The Hall–Kier alpha value is -0.650. The number of nitrogens with zero attached hydrogens (tertiary/aromatic N) is 1. The fourth-order valence-corrected chi connectivity index (χ4v) is 4.27. The maximum Gasteiger partial charge on any atom is 0.242 e. The van der Waals surface area contributed by atoms with Crippen LogP contribution in [0.5, 0.6) is 0 Å². The van der Waals surface area contributed by atoms with Crippen LogP contribution in [-0.2, 0) is 10.0 Å². The van der Waals surface area contributed by atoms with Gasteiger partial charge in [0.15, 0.2) is 0 Å². The molecule has 0 bridgehead atoms. The van der Waals surface area contributed by atoms with Crippen LogP contribution >= 0.6 is 11.6 Å². The van der Waals surface area contributed by atoms with Crippen molar-refractivity contribution in [3.63, 3.8) is 0 Å². The summed E-state index contributed by atoms with van der Waals surface area (Å²) < 4.78 is 27.7. The first-order chi connectivity index (χ1) is 9.44. The Morgan fingerprint density at radius 3 is 2.75 bits per heavy atom. The molecule has 2 rings (SSSR count). The van der Waals surface area contributed by atoms with Crippen molar-refractivity contribution < 1.29 is 8.42 Å². The van der Waals surface area contributed by atoms with Crippen molar-refractivity contribution in [3.05, 3.63) is 23.0 Å². The molecule has 0 aliphatic heterocycles. The van der Waals surface area contributed by atoms with Crippen LogP contribution in [0.4, 0.5) is 0 Å². The molecular formula is C14H21ClN2O2S. The molecule has 1 aliphatic carbocycles. The Kier molecular flexibility index (Phi) is 5.04. The highest BCUT2D eigenvalue weighted by molar-refractivity contribution is 7.89. The zero-order chi connectivity index (χ0) is 14.8. The first-order valence-corrected chi connectivity index (χ1v) is 8.94. The van der Waals surface area contributed by atoms with Gasteiger partial charge in [-0.3, -0.25) is 0 Å². The molecule has 0 amide bonds. The van der Waals surface area contributed by atoms with Crippen LogP contribution in [0, 0.1) is 12.8 Å². The number of hydrogen-bond donors (Lipinski definition) is 1. The second-order valence-corrected chi connectivity index (χ2v) is 7.53. The van der Waals surface area contributed by atoms with E-state index in [0.717, 1.165) is 25.7 Å². The molecule has 20 heavy (non-hydrogen) atoms. The van der Waals surface area contributed by atoms with Crippen LogP contribution in [0.1, 0.15) is 44.6 Å². The Labute approximate surface area is 126 Å². The average molecular weight is 317 g/mol. The lowest BCUT2D eigenvalue weighted by Crippen LogP contribution is -2.41. The third-order valence-corrected chi connectivity index (χ3v) is 5.89. The van der Waals surface area contributed by atoms with Crippen LogP contribution < -0.4 is 4.72 Å². The first-order valence-electron chi connectivity index (χ1n) is 7.08. The lowest BCUT2D eigenvalue weighted by molar-refractivity contribution is 0.282. The van der Waals surface area contributed by atoms with E-state index in [4.69, 9.17) is 11.6 Å². The van der Waals surface area contributed by atoms with E-state index in [0.29, 0.717) is 16.6 Å². The molecule has 1 fully saturated rings. The molecule has 0 aromatic carbocycles. The van der Waals surface area contributed by atoms with Gasteiger partial charge in [0.25, 0.3) is 0 Å². The number of pyridine rings is 1. The number of halogens is 1. The zero-order valence-electron chi connectivity index (χ0n) is 11.9. The fraction of sp³-hybridized carbons (Fsp3) is 0.643. The SMILES string of the molecule is CCC1CCCCC1NS(=O)(=O)c1cnc(Cl)c(C)c1. The summed E-state index contributed by atoms with van der Waals surface area (Å²) >= 11 is 5.84. The average Bonchev–Trinajstić information content (AvgIpc) is 2.42. The Morgan fingerprint density at radius 2 is 2.10 bits per heavy atom.